The molecule has 3 aromatic carbocycles. The summed E-state index contributed by atoms with van der Waals surface area (Å²) in [6.07, 6.45) is 1.62. The molecule has 5 rings (SSSR count). The second kappa shape index (κ2) is 11.1. The van der Waals surface area contributed by atoms with Crippen LogP contribution in [0.4, 0.5) is 0 Å². The van der Waals surface area contributed by atoms with Crippen LogP contribution in [0.1, 0.15) is 17.3 Å². The number of rotatable bonds is 10. The zero-order valence-electron chi connectivity index (χ0n) is 20.0. The zero-order chi connectivity index (χ0) is 24.7. The number of ether oxygens (including phenoxy) is 2. The van der Waals surface area contributed by atoms with Crippen molar-refractivity contribution in [2.75, 3.05) is 14.2 Å². The van der Waals surface area contributed by atoms with E-state index in [4.69, 9.17) is 14.0 Å². The smallest absolute Gasteiger partial charge is 0.237 e. The number of thioether (sulfide) groups is 1. The third kappa shape index (κ3) is 5.26. The Morgan fingerprint density at radius 3 is 2.39 bits per heavy atom. The molecule has 0 saturated heterocycles. The minimum absolute atomic E-state index is 0.453. The van der Waals surface area contributed by atoms with Gasteiger partial charge in [0.25, 0.3) is 0 Å². The Labute approximate surface area is 213 Å². The molecule has 8 nitrogen and oxygen atoms in total. The first-order chi connectivity index (χ1) is 17.7. The summed E-state index contributed by atoms with van der Waals surface area (Å²) in [4.78, 5) is 4.56. The fourth-order valence-corrected chi connectivity index (χ4v) is 4.63. The van der Waals surface area contributed by atoms with Gasteiger partial charge in [0, 0.05) is 12.1 Å². The number of aromatic nitrogens is 5. The largest absolute Gasteiger partial charge is 0.497 e. The number of hydrogen-bond acceptors (Lipinski definition) is 8. The van der Waals surface area contributed by atoms with Crippen molar-refractivity contribution < 1.29 is 14.0 Å². The third-order valence-electron chi connectivity index (χ3n) is 5.65. The van der Waals surface area contributed by atoms with Crippen molar-refractivity contribution in [3.05, 3.63) is 96.1 Å². The van der Waals surface area contributed by atoms with Crippen LogP contribution < -0.4 is 9.47 Å². The highest BCUT2D eigenvalue weighted by atomic mass is 32.2. The maximum absolute atomic E-state index is 5.52. The van der Waals surface area contributed by atoms with Crippen molar-refractivity contribution in [3.63, 3.8) is 0 Å². The summed E-state index contributed by atoms with van der Waals surface area (Å²) in [6.45, 7) is 0. The van der Waals surface area contributed by atoms with E-state index in [1.807, 2.05) is 54.6 Å². The Morgan fingerprint density at radius 2 is 1.61 bits per heavy atom. The highest BCUT2D eigenvalue weighted by Gasteiger charge is 2.18. The molecule has 0 amide bonds. The summed E-state index contributed by atoms with van der Waals surface area (Å²) < 4.78 is 18.3. The highest BCUT2D eigenvalue weighted by Crippen LogP contribution is 2.30. The second-order valence-electron chi connectivity index (χ2n) is 7.92. The summed E-state index contributed by atoms with van der Waals surface area (Å²) >= 11 is 1.50. The minimum Gasteiger partial charge on any atom is -0.497 e. The van der Waals surface area contributed by atoms with Crippen molar-refractivity contribution in [2.24, 2.45) is 0 Å². The number of hydrogen-bond donors (Lipinski definition) is 0. The van der Waals surface area contributed by atoms with E-state index < -0.39 is 0 Å². The quantitative estimate of drug-likeness (QED) is 0.236. The van der Waals surface area contributed by atoms with Crippen LogP contribution in [0.3, 0.4) is 0 Å². The van der Waals surface area contributed by atoms with E-state index in [9.17, 15) is 0 Å². The molecular formula is C27H25N5O3S. The normalized spacial score (nSPS) is 10.9. The molecular weight excluding hydrogens is 474 g/mol. The zero-order valence-corrected chi connectivity index (χ0v) is 20.8. The molecule has 5 aromatic rings. The van der Waals surface area contributed by atoms with Gasteiger partial charge in [-0.15, -0.1) is 10.2 Å². The van der Waals surface area contributed by atoms with E-state index in [0.29, 0.717) is 23.2 Å². The van der Waals surface area contributed by atoms with Crippen LogP contribution in [0.2, 0.25) is 0 Å². The van der Waals surface area contributed by atoms with Gasteiger partial charge in [0.2, 0.25) is 11.7 Å². The van der Waals surface area contributed by atoms with E-state index in [2.05, 4.69) is 49.2 Å². The summed E-state index contributed by atoms with van der Waals surface area (Å²) in [6, 6.07) is 25.8. The fraction of sp³-hybridized carbons (Fsp3) is 0.185. The number of nitrogens with zero attached hydrogens (tertiary/aromatic N) is 5. The van der Waals surface area contributed by atoms with Gasteiger partial charge in [0.1, 0.15) is 17.3 Å². The molecule has 0 radical (unpaired) electrons. The van der Waals surface area contributed by atoms with Crippen LogP contribution in [-0.2, 0) is 18.6 Å². The molecule has 0 fully saturated rings. The van der Waals surface area contributed by atoms with Crippen molar-refractivity contribution in [1.29, 1.82) is 0 Å². The van der Waals surface area contributed by atoms with Crippen LogP contribution in [-0.4, -0.2) is 39.1 Å². The molecule has 182 valence electrons. The molecule has 0 aliphatic carbocycles. The topological polar surface area (TPSA) is 88.1 Å². The summed E-state index contributed by atoms with van der Waals surface area (Å²) in [7, 11) is 3.28. The van der Waals surface area contributed by atoms with E-state index >= 15 is 0 Å². The Balaban J connectivity index is 1.38. The SMILES string of the molecule is COc1ccc(-n2c(CCc3ccccc3)nnc2SCc2nc(-c3ccccc3OC)no2)cc1. The predicted molar refractivity (Wildman–Crippen MR) is 138 cm³/mol. The number of benzene rings is 3. The first-order valence-corrected chi connectivity index (χ1v) is 12.4. The van der Waals surface area contributed by atoms with Gasteiger partial charge in [-0.1, -0.05) is 59.4 Å². The van der Waals surface area contributed by atoms with Crippen LogP contribution in [0, 0.1) is 0 Å². The van der Waals surface area contributed by atoms with E-state index in [0.717, 1.165) is 40.8 Å². The summed E-state index contributed by atoms with van der Waals surface area (Å²) in [5.74, 6) is 3.81. The minimum atomic E-state index is 0.453. The highest BCUT2D eigenvalue weighted by molar-refractivity contribution is 7.98. The fourth-order valence-electron chi connectivity index (χ4n) is 3.83. The molecule has 0 aliphatic heterocycles. The molecule has 0 aliphatic rings. The second-order valence-corrected chi connectivity index (χ2v) is 8.86. The van der Waals surface area contributed by atoms with E-state index in [-0.39, 0.29) is 0 Å². The van der Waals surface area contributed by atoms with Gasteiger partial charge in [0.05, 0.1) is 25.5 Å². The monoisotopic (exact) mass is 499 g/mol. The lowest BCUT2D eigenvalue weighted by molar-refractivity contribution is 0.390. The third-order valence-corrected chi connectivity index (χ3v) is 6.57. The predicted octanol–water partition coefficient (Wildman–Crippen LogP) is 5.41. The van der Waals surface area contributed by atoms with Crippen LogP contribution in [0.5, 0.6) is 11.5 Å². The van der Waals surface area contributed by atoms with Gasteiger partial charge in [-0.2, -0.15) is 4.98 Å². The molecule has 0 N–H and O–H groups in total. The summed E-state index contributed by atoms with van der Waals surface area (Å²) in [5.41, 5.74) is 3.00. The van der Waals surface area contributed by atoms with Gasteiger partial charge in [0.15, 0.2) is 5.16 Å². The van der Waals surface area contributed by atoms with Crippen LogP contribution in [0.25, 0.3) is 17.1 Å². The molecule has 0 unspecified atom stereocenters. The van der Waals surface area contributed by atoms with Crippen LogP contribution in [0.15, 0.2) is 88.5 Å². The number of aryl methyl sites for hydroxylation is 2. The Morgan fingerprint density at radius 1 is 0.833 bits per heavy atom. The molecule has 0 saturated carbocycles. The van der Waals surface area contributed by atoms with Crippen LogP contribution >= 0.6 is 11.8 Å². The van der Waals surface area contributed by atoms with Crippen molar-refractivity contribution in [3.8, 4) is 28.6 Å². The van der Waals surface area contributed by atoms with Crippen molar-refractivity contribution in [1.82, 2.24) is 24.9 Å². The molecule has 9 heteroatoms. The number of para-hydroxylation sites is 1. The van der Waals surface area contributed by atoms with Gasteiger partial charge < -0.3 is 14.0 Å². The number of methoxy groups -OCH3 is 2. The average Bonchev–Trinajstić information content (AvgIpc) is 3.58. The standard InChI is InChI=1S/C27H25N5O3S/c1-33-21-15-13-20(14-16-21)32-24(17-12-19-8-4-3-5-9-19)29-30-27(32)36-18-25-28-26(31-35-25)22-10-6-7-11-23(22)34-2/h3-11,13-16H,12,17-18H2,1-2H3. The Bertz CT molecular complexity index is 1420. The van der Waals surface area contributed by atoms with Gasteiger partial charge in [-0.25, -0.2) is 0 Å². The first kappa shape index (κ1) is 23.6. The maximum atomic E-state index is 5.52. The van der Waals surface area contributed by atoms with Gasteiger partial charge in [-0.05, 0) is 48.4 Å². The Kier molecular flexibility index (Phi) is 7.28. The molecule has 0 spiro atoms. The summed E-state index contributed by atoms with van der Waals surface area (Å²) in [5, 5.41) is 13.9. The van der Waals surface area contributed by atoms with Gasteiger partial charge >= 0.3 is 0 Å². The van der Waals surface area contributed by atoms with Crippen molar-refractivity contribution in [2.45, 2.75) is 23.8 Å². The Hall–Kier alpha value is -4.11. The van der Waals surface area contributed by atoms with E-state index in [1.54, 1.807) is 14.2 Å². The lowest BCUT2D eigenvalue weighted by atomic mass is 10.1. The molecule has 2 aromatic heterocycles. The molecule has 36 heavy (non-hydrogen) atoms. The lowest BCUT2D eigenvalue weighted by Crippen LogP contribution is -2.05. The molecule has 0 atom stereocenters. The average molecular weight is 500 g/mol. The van der Waals surface area contributed by atoms with E-state index in [1.165, 1.54) is 17.3 Å². The molecule has 2 heterocycles. The molecule has 0 bridgehead atoms. The van der Waals surface area contributed by atoms with Gasteiger partial charge in [-0.3, -0.25) is 4.57 Å². The lowest BCUT2D eigenvalue weighted by Gasteiger charge is -2.11. The first-order valence-electron chi connectivity index (χ1n) is 11.5. The maximum Gasteiger partial charge on any atom is 0.237 e. The van der Waals surface area contributed by atoms with Crippen molar-refractivity contribution >= 4 is 11.8 Å².